The van der Waals surface area contributed by atoms with E-state index >= 15 is 0 Å². The SMILES string of the molecule is CSc1cc(N)c2cc(CBr)sc2c1. The second kappa shape index (κ2) is 4.13. The maximum Gasteiger partial charge on any atom is 0.0413 e. The van der Waals surface area contributed by atoms with Gasteiger partial charge in [0.25, 0.3) is 0 Å². The Balaban J connectivity index is 2.67. The van der Waals surface area contributed by atoms with E-state index in [1.54, 1.807) is 23.1 Å². The second-order valence-corrected chi connectivity index (χ2v) is 5.58. The Kier molecular flexibility index (Phi) is 3.04. The number of hydrogen-bond donors (Lipinski definition) is 1. The van der Waals surface area contributed by atoms with Gasteiger partial charge in [-0.05, 0) is 24.5 Å². The van der Waals surface area contributed by atoms with Gasteiger partial charge in [0.2, 0.25) is 0 Å². The van der Waals surface area contributed by atoms with Crippen molar-refractivity contribution in [2.45, 2.75) is 10.2 Å². The van der Waals surface area contributed by atoms with Gasteiger partial charge in [0, 0.05) is 30.9 Å². The van der Waals surface area contributed by atoms with Gasteiger partial charge in [-0.1, -0.05) is 15.9 Å². The zero-order valence-electron chi connectivity index (χ0n) is 7.71. The molecular formula is C10H10BrNS2. The van der Waals surface area contributed by atoms with Crippen molar-refractivity contribution in [2.24, 2.45) is 0 Å². The monoisotopic (exact) mass is 287 g/mol. The predicted octanol–water partition coefficient (Wildman–Crippen LogP) is 4.10. The van der Waals surface area contributed by atoms with Crippen LogP contribution in [0.4, 0.5) is 5.69 Å². The molecule has 1 heterocycles. The minimum absolute atomic E-state index is 0.885. The van der Waals surface area contributed by atoms with Gasteiger partial charge in [-0.25, -0.2) is 0 Å². The Morgan fingerprint density at radius 1 is 1.43 bits per heavy atom. The maximum absolute atomic E-state index is 5.98. The first-order valence-electron chi connectivity index (χ1n) is 4.16. The first-order chi connectivity index (χ1) is 6.74. The number of halogens is 1. The summed E-state index contributed by atoms with van der Waals surface area (Å²) < 4.78 is 1.28. The Labute approximate surface area is 99.8 Å². The average Bonchev–Trinajstić information content (AvgIpc) is 2.61. The number of benzene rings is 1. The fraction of sp³-hybridized carbons (Fsp3) is 0.200. The van der Waals surface area contributed by atoms with Crippen molar-refractivity contribution >= 4 is 54.8 Å². The molecule has 0 atom stereocenters. The van der Waals surface area contributed by atoms with Gasteiger partial charge in [0.05, 0.1) is 0 Å². The quantitative estimate of drug-likeness (QED) is 0.511. The van der Waals surface area contributed by atoms with Crippen LogP contribution >= 0.6 is 39.0 Å². The Morgan fingerprint density at radius 2 is 2.21 bits per heavy atom. The van der Waals surface area contributed by atoms with Gasteiger partial charge in [0.1, 0.15) is 0 Å². The zero-order valence-corrected chi connectivity index (χ0v) is 10.9. The van der Waals surface area contributed by atoms with Crippen molar-refractivity contribution in [3.63, 3.8) is 0 Å². The van der Waals surface area contributed by atoms with Crippen LogP contribution in [0.2, 0.25) is 0 Å². The van der Waals surface area contributed by atoms with Crippen LogP contribution in [0.1, 0.15) is 4.88 Å². The molecule has 1 nitrogen and oxygen atoms in total. The van der Waals surface area contributed by atoms with E-state index in [2.05, 4.69) is 34.3 Å². The van der Waals surface area contributed by atoms with Crippen LogP contribution in [0.3, 0.4) is 0 Å². The number of hydrogen-bond acceptors (Lipinski definition) is 3. The molecule has 0 unspecified atom stereocenters. The summed E-state index contributed by atoms with van der Waals surface area (Å²) in [4.78, 5) is 2.56. The molecule has 2 N–H and O–H groups in total. The number of nitrogen functional groups attached to an aromatic ring is 1. The zero-order chi connectivity index (χ0) is 10.1. The smallest absolute Gasteiger partial charge is 0.0413 e. The van der Waals surface area contributed by atoms with Gasteiger partial charge in [-0.3, -0.25) is 0 Å². The van der Waals surface area contributed by atoms with Crippen molar-refractivity contribution in [3.05, 3.63) is 23.1 Å². The van der Waals surface area contributed by atoms with Crippen LogP contribution in [0.5, 0.6) is 0 Å². The topological polar surface area (TPSA) is 26.0 Å². The lowest BCUT2D eigenvalue weighted by atomic mass is 10.2. The van der Waals surface area contributed by atoms with E-state index in [1.165, 1.54) is 19.9 Å². The van der Waals surface area contributed by atoms with Crippen molar-refractivity contribution in [1.29, 1.82) is 0 Å². The second-order valence-electron chi connectivity index (χ2n) is 2.97. The van der Waals surface area contributed by atoms with E-state index in [-0.39, 0.29) is 0 Å². The summed E-state index contributed by atoms with van der Waals surface area (Å²) in [5.74, 6) is 0. The van der Waals surface area contributed by atoms with Crippen molar-refractivity contribution < 1.29 is 0 Å². The summed E-state index contributed by atoms with van der Waals surface area (Å²) in [6.45, 7) is 0. The molecule has 0 fully saturated rings. The van der Waals surface area contributed by atoms with Crippen molar-refractivity contribution in [2.75, 3.05) is 12.0 Å². The Hall–Kier alpha value is -0.190. The molecule has 0 spiro atoms. The van der Waals surface area contributed by atoms with Crippen LogP contribution < -0.4 is 5.73 Å². The van der Waals surface area contributed by atoms with E-state index in [1.807, 2.05) is 6.07 Å². The Bertz CT molecular complexity index is 464. The number of nitrogens with two attached hydrogens (primary N) is 1. The summed E-state index contributed by atoms with van der Waals surface area (Å²) in [6.07, 6.45) is 2.07. The first-order valence-corrected chi connectivity index (χ1v) is 7.32. The van der Waals surface area contributed by atoms with Crippen LogP contribution in [0.25, 0.3) is 10.1 Å². The minimum Gasteiger partial charge on any atom is -0.398 e. The number of thioether (sulfide) groups is 1. The van der Waals surface area contributed by atoms with E-state index in [0.717, 1.165) is 11.0 Å². The minimum atomic E-state index is 0.885. The lowest BCUT2D eigenvalue weighted by Gasteiger charge is -1.99. The third-order valence-electron chi connectivity index (χ3n) is 2.06. The van der Waals surface area contributed by atoms with E-state index in [4.69, 9.17) is 5.73 Å². The summed E-state index contributed by atoms with van der Waals surface area (Å²) in [5, 5.41) is 2.09. The standard InChI is InChI=1S/C10H10BrNS2/c1-13-6-3-9(12)8-2-7(5-11)14-10(8)4-6/h2-4H,5,12H2,1H3. The molecule has 0 saturated carbocycles. The number of rotatable bonds is 2. The summed E-state index contributed by atoms with van der Waals surface area (Å²) >= 11 is 6.99. The Morgan fingerprint density at radius 3 is 2.86 bits per heavy atom. The summed E-state index contributed by atoms with van der Waals surface area (Å²) in [6, 6.07) is 6.40. The fourth-order valence-electron chi connectivity index (χ4n) is 1.38. The molecule has 0 aliphatic rings. The third kappa shape index (κ3) is 1.78. The molecule has 74 valence electrons. The number of anilines is 1. The fourth-order valence-corrected chi connectivity index (χ4v) is 3.42. The normalized spacial score (nSPS) is 11.0. The molecule has 0 amide bonds. The van der Waals surface area contributed by atoms with E-state index in [0.29, 0.717) is 0 Å². The van der Waals surface area contributed by atoms with Gasteiger partial charge >= 0.3 is 0 Å². The largest absolute Gasteiger partial charge is 0.398 e. The van der Waals surface area contributed by atoms with Crippen LogP contribution in [0, 0.1) is 0 Å². The molecule has 1 aromatic heterocycles. The van der Waals surface area contributed by atoms with E-state index < -0.39 is 0 Å². The summed E-state index contributed by atoms with van der Waals surface area (Å²) in [5.41, 5.74) is 6.86. The van der Waals surface area contributed by atoms with Gasteiger partial charge in [-0.2, -0.15) is 0 Å². The molecule has 0 aliphatic carbocycles. The molecule has 2 aromatic rings. The van der Waals surface area contributed by atoms with Crippen LogP contribution in [-0.2, 0) is 5.33 Å². The molecule has 0 radical (unpaired) electrons. The molecule has 1 aromatic carbocycles. The lowest BCUT2D eigenvalue weighted by Crippen LogP contribution is -1.85. The van der Waals surface area contributed by atoms with Gasteiger partial charge < -0.3 is 5.73 Å². The highest BCUT2D eigenvalue weighted by Crippen LogP contribution is 2.34. The van der Waals surface area contributed by atoms with E-state index in [9.17, 15) is 0 Å². The van der Waals surface area contributed by atoms with Crippen molar-refractivity contribution in [1.82, 2.24) is 0 Å². The molecule has 0 bridgehead atoms. The number of alkyl halides is 1. The predicted molar refractivity (Wildman–Crippen MR) is 70.6 cm³/mol. The van der Waals surface area contributed by atoms with Gasteiger partial charge in [0.15, 0.2) is 0 Å². The first kappa shape index (κ1) is 10.3. The lowest BCUT2D eigenvalue weighted by molar-refractivity contribution is 1.52. The van der Waals surface area contributed by atoms with Crippen LogP contribution in [-0.4, -0.2) is 6.26 Å². The molecule has 4 heteroatoms. The average molecular weight is 288 g/mol. The summed E-state index contributed by atoms with van der Waals surface area (Å²) in [7, 11) is 0. The molecule has 0 aliphatic heterocycles. The van der Waals surface area contributed by atoms with Crippen molar-refractivity contribution in [3.8, 4) is 0 Å². The van der Waals surface area contributed by atoms with Crippen LogP contribution in [0.15, 0.2) is 23.1 Å². The maximum atomic E-state index is 5.98. The molecule has 2 rings (SSSR count). The number of fused-ring (bicyclic) bond motifs is 1. The number of thiophene rings is 1. The molecule has 14 heavy (non-hydrogen) atoms. The van der Waals surface area contributed by atoms with Gasteiger partial charge in [-0.15, -0.1) is 23.1 Å². The highest BCUT2D eigenvalue weighted by Gasteiger charge is 2.05. The highest BCUT2D eigenvalue weighted by molar-refractivity contribution is 9.08. The molecule has 0 saturated heterocycles. The third-order valence-corrected chi connectivity index (χ3v) is 4.83. The molecular weight excluding hydrogens is 278 g/mol. The highest BCUT2D eigenvalue weighted by atomic mass is 79.9.